The maximum Gasteiger partial charge on any atom is 0.222 e. The summed E-state index contributed by atoms with van der Waals surface area (Å²) in [5.41, 5.74) is 1.24. The summed E-state index contributed by atoms with van der Waals surface area (Å²) in [6, 6.07) is 0. The lowest BCUT2D eigenvalue weighted by molar-refractivity contribution is -0.129. The van der Waals surface area contributed by atoms with Crippen LogP contribution in [0.25, 0.3) is 0 Å². The van der Waals surface area contributed by atoms with Crippen molar-refractivity contribution in [2.24, 2.45) is 0 Å². The second-order valence-corrected chi connectivity index (χ2v) is 7.37. The van der Waals surface area contributed by atoms with Crippen molar-refractivity contribution < 1.29 is 4.79 Å². The minimum absolute atomic E-state index is 0.100. The molecule has 1 atom stereocenters. The molecule has 2 aliphatic heterocycles. The molecule has 7 heteroatoms. The largest absolute Gasteiger partial charge is 0.355 e. The molecule has 0 radical (unpaired) electrons. The van der Waals surface area contributed by atoms with E-state index in [1.54, 1.807) is 0 Å². The zero-order chi connectivity index (χ0) is 17.9. The van der Waals surface area contributed by atoms with E-state index in [9.17, 15) is 4.79 Å². The summed E-state index contributed by atoms with van der Waals surface area (Å²) < 4.78 is 0. The normalized spacial score (nSPS) is 26.0. The number of rotatable bonds is 4. The Bertz CT molecular complexity index is 592. The maximum atomic E-state index is 12.1. The van der Waals surface area contributed by atoms with Gasteiger partial charge in [-0.1, -0.05) is 0 Å². The van der Waals surface area contributed by atoms with Crippen LogP contribution in [0.2, 0.25) is 0 Å². The second-order valence-electron chi connectivity index (χ2n) is 7.37. The van der Waals surface area contributed by atoms with Crippen molar-refractivity contribution >= 4 is 11.9 Å². The summed E-state index contributed by atoms with van der Waals surface area (Å²) in [5, 5.41) is 3.13. The predicted octanol–water partition coefficient (Wildman–Crippen LogP) is 1.04. The van der Waals surface area contributed by atoms with Gasteiger partial charge in [-0.05, 0) is 26.8 Å². The molecule has 1 N–H and O–H groups in total. The average Bonchev–Trinajstić information content (AvgIpc) is 2.75. The van der Waals surface area contributed by atoms with Gasteiger partial charge in [0.15, 0.2) is 0 Å². The summed E-state index contributed by atoms with van der Waals surface area (Å²) in [6.07, 6.45) is 6.47. The zero-order valence-electron chi connectivity index (χ0n) is 15.7. The van der Waals surface area contributed by atoms with Crippen LogP contribution in [-0.4, -0.2) is 82.9 Å². The molecule has 1 amide bonds. The van der Waals surface area contributed by atoms with Crippen molar-refractivity contribution in [2.75, 3.05) is 52.1 Å². The first-order chi connectivity index (χ1) is 12.0. The van der Waals surface area contributed by atoms with E-state index in [2.05, 4.69) is 32.1 Å². The fourth-order valence-corrected chi connectivity index (χ4v) is 3.92. The van der Waals surface area contributed by atoms with Crippen LogP contribution in [0.5, 0.6) is 0 Å². The van der Waals surface area contributed by atoms with Crippen LogP contribution < -0.4 is 5.32 Å². The van der Waals surface area contributed by atoms with Gasteiger partial charge in [0.25, 0.3) is 0 Å². The molecule has 0 aliphatic carbocycles. The van der Waals surface area contributed by atoms with Crippen LogP contribution in [-0.2, 0) is 11.3 Å². The lowest BCUT2D eigenvalue weighted by atomic mass is 9.86. The van der Waals surface area contributed by atoms with E-state index in [1.165, 1.54) is 0 Å². The van der Waals surface area contributed by atoms with Gasteiger partial charge in [-0.3, -0.25) is 14.6 Å². The third-order valence-electron chi connectivity index (χ3n) is 5.67. The smallest absolute Gasteiger partial charge is 0.222 e. The Morgan fingerprint density at radius 1 is 1.16 bits per heavy atom. The van der Waals surface area contributed by atoms with Crippen LogP contribution in [0.15, 0.2) is 12.4 Å². The van der Waals surface area contributed by atoms with Crippen LogP contribution in [0.1, 0.15) is 31.7 Å². The van der Waals surface area contributed by atoms with Crippen LogP contribution >= 0.6 is 0 Å². The number of amides is 1. The number of carbonyl (C=O) groups is 1. The minimum Gasteiger partial charge on any atom is -0.355 e. The first-order valence-electron chi connectivity index (χ1n) is 9.25. The molecule has 25 heavy (non-hydrogen) atoms. The van der Waals surface area contributed by atoms with Crippen LogP contribution in [0, 0.1) is 0 Å². The Morgan fingerprint density at radius 3 is 2.64 bits per heavy atom. The zero-order valence-corrected chi connectivity index (χ0v) is 15.7. The Labute approximate surface area is 150 Å². The van der Waals surface area contributed by atoms with Gasteiger partial charge < -0.3 is 10.2 Å². The Hall–Kier alpha value is -1.73. The fraction of sp³-hybridized carbons (Fsp3) is 0.722. The molecule has 2 fully saturated rings. The molecule has 3 heterocycles. The van der Waals surface area contributed by atoms with Crippen molar-refractivity contribution in [1.82, 2.24) is 24.7 Å². The quantitative estimate of drug-likeness (QED) is 0.879. The molecule has 0 unspecified atom stereocenters. The van der Waals surface area contributed by atoms with Crippen molar-refractivity contribution in [2.45, 2.75) is 38.3 Å². The van der Waals surface area contributed by atoms with Crippen molar-refractivity contribution in [1.29, 1.82) is 0 Å². The maximum absolute atomic E-state index is 12.1. The molecule has 1 aromatic heterocycles. The number of aromatic nitrogens is 2. The fourth-order valence-electron chi connectivity index (χ4n) is 3.92. The molecule has 0 aromatic carbocycles. The third-order valence-corrected chi connectivity index (χ3v) is 5.67. The van der Waals surface area contributed by atoms with Gasteiger partial charge in [-0.25, -0.2) is 9.97 Å². The van der Waals surface area contributed by atoms with Crippen molar-refractivity contribution in [3.05, 3.63) is 18.0 Å². The SMILES string of the molecule is CCNc1ncc(CN2CCN(C)[C@]3(CCC(=O)N(C)CC3)C2)cn1. The van der Waals surface area contributed by atoms with E-state index in [4.69, 9.17) is 0 Å². The Kier molecular flexibility index (Phi) is 5.54. The number of piperazine rings is 1. The van der Waals surface area contributed by atoms with Crippen LogP contribution in [0.3, 0.4) is 0 Å². The molecule has 1 aromatic rings. The molecule has 2 saturated heterocycles. The number of anilines is 1. The first kappa shape index (κ1) is 18.1. The summed E-state index contributed by atoms with van der Waals surface area (Å²) in [6.45, 7) is 7.65. The van der Waals surface area contributed by atoms with Gasteiger partial charge in [-0.15, -0.1) is 0 Å². The predicted molar refractivity (Wildman–Crippen MR) is 98.3 cm³/mol. The molecular formula is C18H30N6O. The summed E-state index contributed by atoms with van der Waals surface area (Å²) in [4.78, 5) is 27.7. The van der Waals surface area contributed by atoms with Crippen molar-refractivity contribution in [3.63, 3.8) is 0 Å². The monoisotopic (exact) mass is 346 g/mol. The Morgan fingerprint density at radius 2 is 1.92 bits per heavy atom. The van der Waals surface area contributed by atoms with E-state index in [0.29, 0.717) is 12.4 Å². The van der Waals surface area contributed by atoms with Gasteiger partial charge in [0.1, 0.15) is 0 Å². The molecule has 7 nitrogen and oxygen atoms in total. The highest BCUT2D eigenvalue weighted by Crippen LogP contribution is 2.32. The van der Waals surface area contributed by atoms with E-state index < -0.39 is 0 Å². The van der Waals surface area contributed by atoms with E-state index >= 15 is 0 Å². The highest BCUT2D eigenvalue weighted by molar-refractivity contribution is 5.76. The highest BCUT2D eigenvalue weighted by Gasteiger charge is 2.41. The molecule has 0 bridgehead atoms. The summed E-state index contributed by atoms with van der Waals surface area (Å²) in [7, 11) is 4.13. The van der Waals surface area contributed by atoms with E-state index in [1.807, 2.05) is 31.3 Å². The Balaban J connectivity index is 1.66. The topological polar surface area (TPSA) is 64.6 Å². The van der Waals surface area contributed by atoms with Crippen molar-refractivity contribution in [3.8, 4) is 0 Å². The summed E-state index contributed by atoms with van der Waals surface area (Å²) in [5.74, 6) is 0.959. The molecule has 2 aliphatic rings. The third kappa shape index (κ3) is 4.10. The minimum atomic E-state index is 0.100. The van der Waals surface area contributed by atoms with Gasteiger partial charge in [-0.2, -0.15) is 0 Å². The molecule has 3 rings (SSSR count). The second kappa shape index (κ2) is 7.66. The number of hydrogen-bond acceptors (Lipinski definition) is 6. The highest BCUT2D eigenvalue weighted by atomic mass is 16.2. The molecule has 0 saturated carbocycles. The number of likely N-dealkylation sites (N-methyl/N-ethyl adjacent to an activating group) is 1. The molecule has 1 spiro atoms. The lowest BCUT2D eigenvalue weighted by Crippen LogP contribution is -2.60. The van der Waals surface area contributed by atoms with E-state index in [-0.39, 0.29) is 11.4 Å². The standard InChI is InChI=1S/C18H30N6O/c1-4-19-17-20-11-15(12-21-17)13-24-10-9-23(3)18(14-24)6-5-16(25)22(2)8-7-18/h11-12H,4-10,13-14H2,1-3H3,(H,19,20,21)/t18-/m0/s1. The van der Waals surface area contributed by atoms with E-state index in [0.717, 1.165) is 57.7 Å². The average molecular weight is 346 g/mol. The van der Waals surface area contributed by atoms with Gasteiger partial charge in [0.2, 0.25) is 11.9 Å². The van der Waals surface area contributed by atoms with Crippen LogP contribution in [0.4, 0.5) is 5.95 Å². The lowest BCUT2D eigenvalue weighted by Gasteiger charge is -2.49. The first-order valence-corrected chi connectivity index (χ1v) is 9.25. The number of likely N-dealkylation sites (tertiary alicyclic amines) is 1. The molecular weight excluding hydrogens is 316 g/mol. The number of hydrogen-bond donors (Lipinski definition) is 1. The van der Waals surface area contributed by atoms with Gasteiger partial charge >= 0.3 is 0 Å². The van der Waals surface area contributed by atoms with Gasteiger partial charge in [0, 0.05) is 76.2 Å². The summed E-state index contributed by atoms with van der Waals surface area (Å²) >= 11 is 0. The number of carbonyl (C=O) groups excluding carboxylic acids is 1. The van der Waals surface area contributed by atoms with Gasteiger partial charge in [0.05, 0.1) is 0 Å². The number of nitrogens with one attached hydrogen (secondary N) is 1. The molecule has 138 valence electrons. The number of nitrogens with zero attached hydrogens (tertiary/aromatic N) is 5.